The maximum Gasteiger partial charge on any atom is 0.167 e. The lowest BCUT2D eigenvalue weighted by molar-refractivity contribution is 0.0930. The largest absolute Gasteiger partial charge is 0.325 e. The molecule has 0 radical (unpaired) electrons. The van der Waals surface area contributed by atoms with Gasteiger partial charge in [0.25, 0.3) is 0 Å². The van der Waals surface area contributed by atoms with E-state index in [1.54, 1.807) is 0 Å². The number of carbonyl (C=O) groups excluding carboxylic acids is 1. The first-order chi connectivity index (χ1) is 8.50. The van der Waals surface area contributed by atoms with Crippen LogP contribution in [0.4, 0.5) is 8.78 Å². The molecule has 1 aliphatic rings. The van der Waals surface area contributed by atoms with Crippen molar-refractivity contribution in [2.45, 2.75) is 44.1 Å². The Morgan fingerprint density at radius 3 is 2.56 bits per heavy atom. The highest BCUT2D eigenvalue weighted by molar-refractivity contribution is 5.97. The molecule has 1 saturated carbocycles. The van der Waals surface area contributed by atoms with Gasteiger partial charge in [0.1, 0.15) is 11.6 Å². The van der Waals surface area contributed by atoms with Crippen LogP contribution in [0.2, 0.25) is 0 Å². The zero-order valence-electron chi connectivity index (χ0n) is 10.2. The van der Waals surface area contributed by atoms with Crippen LogP contribution in [-0.4, -0.2) is 11.3 Å². The normalized spacial score (nSPS) is 18.6. The fourth-order valence-corrected chi connectivity index (χ4v) is 2.56. The molecule has 0 spiro atoms. The lowest BCUT2D eigenvalue weighted by Crippen LogP contribution is -2.43. The van der Waals surface area contributed by atoms with E-state index in [1.165, 1.54) is 0 Å². The first-order valence-corrected chi connectivity index (χ1v) is 6.27. The smallest absolute Gasteiger partial charge is 0.167 e. The minimum Gasteiger partial charge on any atom is -0.325 e. The van der Waals surface area contributed by atoms with Crippen LogP contribution >= 0.6 is 0 Å². The van der Waals surface area contributed by atoms with Gasteiger partial charge >= 0.3 is 0 Å². The topological polar surface area (TPSA) is 43.1 Å². The fraction of sp³-hybridized carbons (Fsp3) is 0.500. The minimum absolute atomic E-state index is 0.0906. The summed E-state index contributed by atoms with van der Waals surface area (Å²) in [6.07, 6.45) is 4.75. The Morgan fingerprint density at radius 2 is 1.89 bits per heavy atom. The molecule has 18 heavy (non-hydrogen) atoms. The quantitative estimate of drug-likeness (QED) is 0.840. The average molecular weight is 253 g/mol. The van der Waals surface area contributed by atoms with Crippen LogP contribution in [0.5, 0.6) is 0 Å². The summed E-state index contributed by atoms with van der Waals surface area (Å²) in [4.78, 5) is 12.0. The van der Waals surface area contributed by atoms with Gasteiger partial charge in [-0.15, -0.1) is 0 Å². The van der Waals surface area contributed by atoms with E-state index >= 15 is 0 Å². The Balaban J connectivity index is 2.14. The van der Waals surface area contributed by atoms with E-state index in [2.05, 4.69) is 0 Å². The molecule has 1 fully saturated rings. The molecule has 2 nitrogen and oxygen atoms in total. The van der Waals surface area contributed by atoms with Crippen molar-refractivity contribution < 1.29 is 13.6 Å². The number of nitrogens with two attached hydrogens (primary N) is 1. The molecule has 1 aromatic rings. The van der Waals surface area contributed by atoms with Crippen LogP contribution < -0.4 is 5.73 Å². The Labute approximate surface area is 105 Å². The lowest BCUT2D eigenvalue weighted by atomic mass is 9.78. The van der Waals surface area contributed by atoms with Gasteiger partial charge in [0.15, 0.2) is 5.78 Å². The SMILES string of the molecule is NC1(CC(=O)c2cc(F)ccc2F)CCCCC1. The van der Waals surface area contributed by atoms with E-state index in [-0.39, 0.29) is 12.0 Å². The van der Waals surface area contributed by atoms with Crippen molar-refractivity contribution in [3.63, 3.8) is 0 Å². The molecule has 2 N–H and O–H groups in total. The lowest BCUT2D eigenvalue weighted by Gasteiger charge is -2.32. The van der Waals surface area contributed by atoms with Gasteiger partial charge in [0.05, 0.1) is 5.56 Å². The highest BCUT2D eigenvalue weighted by atomic mass is 19.1. The standard InChI is InChI=1S/C14H17F2NO/c15-10-4-5-12(16)11(8-10)13(18)9-14(17)6-2-1-3-7-14/h4-5,8H,1-3,6-7,9,17H2. The molecular formula is C14H17F2NO. The zero-order chi connectivity index (χ0) is 13.2. The van der Waals surface area contributed by atoms with Crippen LogP contribution in [0.15, 0.2) is 18.2 Å². The Kier molecular flexibility index (Phi) is 3.76. The molecule has 0 heterocycles. The molecule has 0 unspecified atom stereocenters. The van der Waals surface area contributed by atoms with Crippen molar-refractivity contribution in [2.75, 3.05) is 0 Å². The molecule has 4 heteroatoms. The van der Waals surface area contributed by atoms with Crippen LogP contribution in [0, 0.1) is 11.6 Å². The van der Waals surface area contributed by atoms with Crippen LogP contribution in [-0.2, 0) is 0 Å². The second-order valence-corrected chi connectivity index (χ2v) is 5.15. The predicted molar refractivity (Wildman–Crippen MR) is 65.3 cm³/mol. The second-order valence-electron chi connectivity index (χ2n) is 5.15. The van der Waals surface area contributed by atoms with Crippen molar-refractivity contribution >= 4 is 5.78 Å². The molecule has 0 aromatic heterocycles. The summed E-state index contributed by atoms with van der Waals surface area (Å²) in [6.45, 7) is 0. The summed E-state index contributed by atoms with van der Waals surface area (Å²) in [7, 11) is 0. The number of rotatable bonds is 3. The minimum atomic E-state index is -0.680. The van der Waals surface area contributed by atoms with Crippen molar-refractivity contribution in [1.29, 1.82) is 0 Å². The number of halogens is 2. The Morgan fingerprint density at radius 1 is 1.22 bits per heavy atom. The molecule has 98 valence electrons. The Hall–Kier alpha value is -1.29. The summed E-state index contributed by atoms with van der Waals surface area (Å²) in [5, 5.41) is 0. The molecular weight excluding hydrogens is 236 g/mol. The van der Waals surface area contributed by atoms with Gasteiger partial charge in [-0.2, -0.15) is 0 Å². The maximum atomic E-state index is 13.5. The highest BCUT2D eigenvalue weighted by Gasteiger charge is 2.31. The van der Waals surface area contributed by atoms with Crippen molar-refractivity contribution in [3.8, 4) is 0 Å². The number of carbonyl (C=O) groups is 1. The van der Waals surface area contributed by atoms with Crippen molar-refractivity contribution in [2.24, 2.45) is 5.73 Å². The molecule has 0 amide bonds. The molecule has 0 aliphatic heterocycles. The first kappa shape index (κ1) is 13.1. The zero-order valence-corrected chi connectivity index (χ0v) is 10.2. The van der Waals surface area contributed by atoms with Gasteiger partial charge < -0.3 is 5.73 Å². The van der Waals surface area contributed by atoms with Gasteiger partial charge in [-0.05, 0) is 31.0 Å². The molecule has 0 atom stereocenters. The van der Waals surface area contributed by atoms with E-state index in [0.29, 0.717) is 0 Å². The number of benzene rings is 1. The second kappa shape index (κ2) is 5.14. The van der Waals surface area contributed by atoms with E-state index in [4.69, 9.17) is 5.73 Å². The third kappa shape index (κ3) is 2.93. The summed E-state index contributed by atoms with van der Waals surface area (Å²) < 4.78 is 26.5. The van der Waals surface area contributed by atoms with Crippen LogP contribution in [0.1, 0.15) is 48.9 Å². The third-order valence-corrected chi connectivity index (χ3v) is 3.59. The van der Waals surface area contributed by atoms with Gasteiger partial charge in [-0.3, -0.25) is 4.79 Å². The van der Waals surface area contributed by atoms with E-state index in [0.717, 1.165) is 50.3 Å². The van der Waals surface area contributed by atoms with Gasteiger partial charge in [-0.25, -0.2) is 8.78 Å². The molecule has 1 aromatic carbocycles. The van der Waals surface area contributed by atoms with Crippen LogP contribution in [0.25, 0.3) is 0 Å². The molecule has 0 saturated heterocycles. The molecule has 1 aliphatic carbocycles. The van der Waals surface area contributed by atoms with E-state index in [1.807, 2.05) is 0 Å². The van der Waals surface area contributed by atoms with Gasteiger partial charge in [0.2, 0.25) is 0 Å². The van der Waals surface area contributed by atoms with E-state index < -0.39 is 23.0 Å². The highest BCUT2D eigenvalue weighted by Crippen LogP contribution is 2.30. The number of hydrogen-bond donors (Lipinski definition) is 1. The Bertz CT molecular complexity index is 453. The summed E-state index contributed by atoms with van der Waals surface area (Å²) in [6, 6.07) is 2.93. The average Bonchev–Trinajstić information content (AvgIpc) is 2.32. The fourth-order valence-electron chi connectivity index (χ4n) is 2.56. The number of hydrogen-bond acceptors (Lipinski definition) is 2. The summed E-state index contributed by atoms with van der Waals surface area (Å²) in [5.74, 6) is -1.69. The van der Waals surface area contributed by atoms with Gasteiger partial charge in [0, 0.05) is 12.0 Å². The summed E-state index contributed by atoms with van der Waals surface area (Å²) in [5.41, 5.74) is 5.41. The maximum absolute atomic E-state index is 13.5. The predicted octanol–water partition coefficient (Wildman–Crippen LogP) is 3.20. The molecule has 0 bridgehead atoms. The van der Waals surface area contributed by atoms with Crippen molar-refractivity contribution in [3.05, 3.63) is 35.4 Å². The first-order valence-electron chi connectivity index (χ1n) is 6.27. The third-order valence-electron chi connectivity index (χ3n) is 3.59. The molecule has 2 rings (SSSR count). The summed E-state index contributed by atoms with van der Waals surface area (Å²) >= 11 is 0. The van der Waals surface area contributed by atoms with E-state index in [9.17, 15) is 13.6 Å². The number of ketones is 1. The van der Waals surface area contributed by atoms with Crippen molar-refractivity contribution in [1.82, 2.24) is 0 Å². The monoisotopic (exact) mass is 253 g/mol. The van der Waals surface area contributed by atoms with Crippen LogP contribution in [0.3, 0.4) is 0 Å². The number of Topliss-reactive ketones (excluding diaryl/α,β-unsaturated/α-hetero) is 1. The van der Waals surface area contributed by atoms with Gasteiger partial charge in [-0.1, -0.05) is 19.3 Å².